The van der Waals surface area contributed by atoms with E-state index in [1.54, 1.807) is 6.08 Å². The van der Waals surface area contributed by atoms with Gasteiger partial charge in [0, 0.05) is 17.9 Å². The molecule has 0 bridgehead atoms. The topological polar surface area (TPSA) is 35.5 Å². The molecule has 1 aliphatic carbocycles. The Morgan fingerprint density at radius 2 is 1.77 bits per heavy atom. The van der Waals surface area contributed by atoms with Crippen LogP contribution < -0.4 is 0 Å². The van der Waals surface area contributed by atoms with Crippen LogP contribution in [0.1, 0.15) is 47.5 Å². The summed E-state index contributed by atoms with van der Waals surface area (Å²) >= 11 is 0. The predicted octanol–water partition coefficient (Wildman–Crippen LogP) is 7.44. The average Bonchev–Trinajstić information content (AvgIpc) is 3.08. The highest BCUT2D eigenvalue weighted by atomic mass is 16.5. The van der Waals surface area contributed by atoms with Crippen LogP contribution in [-0.2, 0) is 14.3 Å². The minimum atomic E-state index is -0.364. The van der Waals surface area contributed by atoms with E-state index >= 15 is 0 Å². The minimum Gasteiger partial charge on any atom is -0.497 e. The molecule has 0 aromatic rings. The van der Waals surface area contributed by atoms with Gasteiger partial charge < -0.3 is 9.47 Å². The lowest BCUT2D eigenvalue weighted by atomic mass is 9.79. The zero-order chi connectivity index (χ0) is 24.2. The molecule has 3 heteroatoms. The number of carbonyl (C=O) groups excluding carboxylic acids is 1. The van der Waals surface area contributed by atoms with Crippen molar-refractivity contribution < 1.29 is 14.3 Å². The summed E-state index contributed by atoms with van der Waals surface area (Å²) in [6.45, 7) is 29.8. The quantitative estimate of drug-likeness (QED) is 0.158. The second-order valence-electron chi connectivity index (χ2n) is 8.00. The first-order valence-corrected chi connectivity index (χ1v) is 10.6. The molecule has 1 unspecified atom stereocenters. The van der Waals surface area contributed by atoms with Gasteiger partial charge in [0.2, 0.25) is 0 Å². The lowest BCUT2D eigenvalue weighted by Gasteiger charge is -2.25. The van der Waals surface area contributed by atoms with Crippen LogP contribution in [0.15, 0.2) is 96.9 Å². The van der Waals surface area contributed by atoms with Crippen LogP contribution in [0.3, 0.4) is 0 Å². The van der Waals surface area contributed by atoms with Gasteiger partial charge in [0.15, 0.2) is 0 Å². The molecule has 0 amide bonds. The second kappa shape index (κ2) is 13.5. The number of ether oxygens (including phenoxy) is 2. The molecule has 0 spiro atoms. The molecule has 0 fully saturated rings. The first-order chi connectivity index (χ1) is 14.4. The summed E-state index contributed by atoms with van der Waals surface area (Å²) in [6, 6.07) is 0. The molecule has 1 aliphatic rings. The number of methoxy groups -OCH3 is 1. The van der Waals surface area contributed by atoms with Gasteiger partial charge in [-0.25, -0.2) is 0 Å². The van der Waals surface area contributed by atoms with Crippen LogP contribution in [-0.4, -0.2) is 19.7 Å². The normalized spacial score (nSPS) is 20.3. The molecule has 3 nitrogen and oxygen atoms in total. The van der Waals surface area contributed by atoms with Gasteiger partial charge in [-0.3, -0.25) is 4.79 Å². The Morgan fingerprint density at radius 3 is 2.19 bits per heavy atom. The van der Waals surface area contributed by atoms with E-state index < -0.39 is 0 Å². The van der Waals surface area contributed by atoms with E-state index in [1.807, 2.05) is 13.0 Å². The summed E-state index contributed by atoms with van der Waals surface area (Å²) in [5, 5.41) is 0. The lowest BCUT2D eigenvalue weighted by Crippen LogP contribution is -2.13. The number of esters is 1. The van der Waals surface area contributed by atoms with Crippen molar-refractivity contribution in [2.75, 3.05) is 13.7 Å². The summed E-state index contributed by atoms with van der Waals surface area (Å²) in [5.41, 5.74) is 4.33. The molecule has 2 atom stereocenters. The second-order valence-corrected chi connectivity index (χ2v) is 8.00. The third kappa shape index (κ3) is 9.25. The number of hydrogen-bond acceptors (Lipinski definition) is 3. The van der Waals surface area contributed by atoms with Crippen LogP contribution in [0.5, 0.6) is 0 Å². The summed E-state index contributed by atoms with van der Waals surface area (Å²) in [4.78, 5) is 11.1. The molecule has 0 aliphatic heterocycles. The fourth-order valence-corrected chi connectivity index (χ4v) is 3.21. The van der Waals surface area contributed by atoms with Crippen molar-refractivity contribution in [2.45, 2.75) is 47.5 Å². The first kappa shape index (κ1) is 28.2. The van der Waals surface area contributed by atoms with Crippen LogP contribution in [0.25, 0.3) is 0 Å². The molecule has 0 saturated carbocycles. The number of allylic oxidation sites excluding steroid dienone is 9. The number of rotatable bonds is 10. The van der Waals surface area contributed by atoms with Gasteiger partial charge in [-0.05, 0) is 54.1 Å². The fraction of sp³-hybridized carbons (Fsp3) is 0.393. The van der Waals surface area contributed by atoms with Crippen LogP contribution in [0, 0.1) is 11.3 Å². The summed E-state index contributed by atoms with van der Waals surface area (Å²) < 4.78 is 10.3. The number of carbonyl (C=O) groups is 1. The Balaban J connectivity index is 0.00000282. The van der Waals surface area contributed by atoms with Gasteiger partial charge in [0.25, 0.3) is 0 Å². The third-order valence-corrected chi connectivity index (χ3v) is 5.16. The highest BCUT2D eigenvalue weighted by molar-refractivity contribution is 5.66. The number of hydrogen-bond donors (Lipinski definition) is 0. The SMILES string of the molecule is C=C(/C=C(/COC(C)=O)C(=C)OC)C(=C)/C(=C\C(=C)[C@@]1(C)C=CC(C)C1)CC.C=CC. The lowest BCUT2D eigenvalue weighted by molar-refractivity contribution is -0.139. The molecular weight excluding hydrogens is 384 g/mol. The summed E-state index contributed by atoms with van der Waals surface area (Å²) in [7, 11) is 1.53. The van der Waals surface area contributed by atoms with Crippen molar-refractivity contribution in [1.29, 1.82) is 0 Å². The van der Waals surface area contributed by atoms with Crippen molar-refractivity contribution in [3.05, 3.63) is 96.9 Å². The molecular formula is C28H40O3. The maximum atomic E-state index is 11.1. The zero-order valence-corrected chi connectivity index (χ0v) is 20.3. The molecule has 0 saturated heterocycles. The minimum absolute atomic E-state index is 0.0257. The molecule has 0 radical (unpaired) electrons. The highest BCUT2D eigenvalue weighted by Gasteiger charge is 2.30. The highest BCUT2D eigenvalue weighted by Crippen LogP contribution is 2.42. The van der Waals surface area contributed by atoms with Crippen molar-refractivity contribution in [1.82, 2.24) is 0 Å². The smallest absolute Gasteiger partial charge is 0.302 e. The van der Waals surface area contributed by atoms with Crippen molar-refractivity contribution in [2.24, 2.45) is 11.3 Å². The Hall–Kier alpha value is -2.81. The Kier molecular flexibility index (Phi) is 12.3. The third-order valence-electron chi connectivity index (χ3n) is 5.16. The maximum absolute atomic E-state index is 11.1. The largest absolute Gasteiger partial charge is 0.497 e. The van der Waals surface area contributed by atoms with E-state index in [4.69, 9.17) is 9.47 Å². The summed E-state index contributed by atoms with van der Waals surface area (Å²) in [6.07, 6.45) is 12.1. The molecule has 31 heavy (non-hydrogen) atoms. The maximum Gasteiger partial charge on any atom is 0.302 e. The first-order valence-electron chi connectivity index (χ1n) is 10.6. The van der Waals surface area contributed by atoms with Crippen LogP contribution in [0.2, 0.25) is 0 Å². The van der Waals surface area contributed by atoms with E-state index in [0.717, 1.165) is 35.1 Å². The van der Waals surface area contributed by atoms with E-state index in [9.17, 15) is 4.79 Å². The van der Waals surface area contributed by atoms with Crippen LogP contribution >= 0.6 is 0 Å². The van der Waals surface area contributed by atoms with Crippen molar-refractivity contribution in [3.63, 3.8) is 0 Å². The van der Waals surface area contributed by atoms with Gasteiger partial charge in [-0.2, -0.15) is 0 Å². The van der Waals surface area contributed by atoms with Crippen molar-refractivity contribution in [3.8, 4) is 0 Å². The molecule has 0 N–H and O–H groups in total. The van der Waals surface area contributed by atoms with Crippen LogP contribution in [0.4, 0.5) is 0 Å². The molecule has 0 aromatic heterocycles. The van der Waals surface area contributed by atoms with Gasteiger partial charge in [-0.15, -0.1) is 6.58 Å². The van der Waals surface area contributed by atoms with Gasteiger partial charge in [0.05, 0.1) is 7.11 Å². The zero-order valence-electron chi connectivity index (χ0n) is 20.3. The Bertz CT molecular complexity index is 804. The fourth-order valence-electron chi connectivity index (χ4n) is 3.21. The molecule has 1 rings (SSSR count). The monoisotopic (exact) mass is 424 g/mol. The molecule has 0 heterocycles. The predicted molar refractivity (Wildman–Crippen MR) is 134 cm³/mol. The van der Waals surface area contributed by atoms with E-state index in [2.05, 4.69) is 71.9 Å². The Labute approximate surface area is 189 Å². The van der Waals surface area contributed by atoms with Gasteiger partial charge in [0.1, 0.15) is 12.4 Å². The van der Waals surface area contributed by atoms with E-state index in [-0.39, 0.29) is 18.0 Å². The standard InChI is InChI=1S/C25H34O3.C3H6/c1-10-23(14-19(4)25(8)12-11-17(2)15-25)20(5)18(3)13-24(21(6)27-9)16-28-22(7)26;1-3-2/h11-14,17H,3-6,10,15-16H2,1-2,7-9H3;3H,1H2,2H3/b23-14-,24-13-;/t17?,25-;/m0./s1. The Morgan fingerprint density at radius 1 is 1.19 bits per heavy atom. The van der Waals surface area contributed by atoms with Crippen molar-refractivity contribution >= 4 is 5.97 Å². The molecule has 0 aromatic carbocycles. The summed E-state index contributed by atoms with van der Waals surface area (Å²) in [5.74, 6) is 0.626. The van der Waals surface area contributed by atoms with Gasteiger partial charge in [-0.1, -0.05) is 71.4 Å². The average molecular weight is 425 g/mol. The van der Waals surface area contributed by atoms with E-state index in [0.29, 0.717) is 17.3 Å². The van der Waals surface area contributed by atoms with E-state index in [1.165, 1.54) is 14.0 Å². The van der Waals surface area contributed by atoms with Gasteiger partial charge >= 0.3 is 5.97 Å². The molecule has 170 valence electrons.